The van der Waals surface area contributed by atoms with Gasteiger partial charge in [-0.1, -0.05) is 0 Å². The highest BCUT2D eigenvalue weighted by atomic mass is 16.6. The molecule has 5 N–H and O–H groups in total. The fourth-order valence-electron chi connectivity index (χ4n) is 3.78. The van der Waals surface area contributed by atoms with Crippen LogP contribution in [-0.4, -0.2) is 78.5 Å². The van der Waals surface area contributed by atoms with Crippen molar-refractivity contribution >= 4 is 22.8 Å². The molecule has 0 spiro atoms. The average molecular weight is 431 g/mol. The lowest BCUT2D eigenvalue weighted by Gasteiger charge is -2.18. The summed E-state index contributed by atoms with van der Waals surface area (Å²) in [6, 6.07) is 1.51. The normalized spacial score (nSPS) is 24.5. The molecule has 0 radical (unpaired) electrons. The van der Waals surface area contributed by atoms with Crippen LogP contribution in [0.4, 0.5) is 5.82 Å². The van der Waals surface area contributed by atoms with Crippen molar-refractivity contribution in [1.29, 1.82) is 0 Å². The number of nitrogen functional groups attached to an aromatic ring is 1. The summed E-state index contributed by atoms with van der Waals surface area (Å²) in [7, 11) is 3.31. The quantitative estimate of drug-likeness (QED) is 0.391. The molecule has 12 heteroatoms. The first-order valence-corrected chi connectivity index (χ1v) is 9.73. The van der Waals surface area contributed by atoms with Gasteiger partial charge in [0.1, 0.15) is 30.0 Å². The first kappa shape index (κ1) is 21.2. The van der Waals surface area contributed by atoms with E-state index in [2.05, 4.69) is 20.4 Å². The van der Waals surface area contributed by atoms with Crippen molar-refractivity contribution in [3.8, 4) is 11.3 Å². The van der Waals surface area contributed by atoms with Gasteiger partial charge in [0.25, 0.3) is 5.91 Å². The fraction of sp³-hybridized carbons (Fsp3) is 0.474. The summed E-state index contributed by atoms with van der Waals surface area (Å²) in [4.78, 5) is 20.9. The number of carbonyl (C=O) groups excluding carboxylic acids is 1. The molecule has 1 fully saturated rings. The van der Waals surface area contributed by atoms with Gasteiger partial charge in [0, 0.05) is 38.2 Å². The Hall–Kier alpha value is -3.06. The molecule has 1 saturated heterocycles. The van der Waals surface area contributed by atoms with Crippen molar-refractivity contribution in [1.82, 2.24) is 29.6 Å². The first-order chi connectivity index (χ1) is 14.8. The van der Waals surface area contributed by atoms with E-state index >= 15 is 0 Å². The maximum Gasteiger partial charge on any atom is 0.252 e. The molecule has 4 heterocycles. The van der Waals surface area contributed by atoms with Gasteiger partial charge < -0.3 is 35.3 Å². The minimum absolute atomic E-state index is 0.236. The van der Waals surface area contributed by atoms with E-state index in [1.165, 1.54) is 18.0 Å². The fourth-order valence-corrected chi connectivity index (χ4v) is 3.78. The third kappa shape index (κ3) is 3.74. The summed E-state index contributed by atoms with van der Waals surface area (Å²) in [6.45, 7) is 2.06. The molecule has 0 bridgehead atoms. The van der Waals surface area contributed by atoms with Crippen LogP contribution in [0.1, 0.15) is 13.2 Å². The average Bonchev–Trinajstić information content (AvgIpc) is 3.39. The van der Waals surface area contributed by atoms with Gasteiger partial charge in [-0.3, -0.25) is 9.48 Å². The van der Waals surface area contributed by atoms with Crippen LogP contribution >= 0.6 is 0 Å². The second kappa shape index (κ2) is 8.23. The molecule has 1 aliphatic heterocycles. The molecular formula is C19H25N7O5. The van der Waals surface area contributed by atoms with Crippen molar-refractivity contribution in [3.05, 3.63) is 24.8 Å². The molecule has 0 aromatic carbocycles. The Labute approximate surface area is 177 Å². The van der Waals surface area contributed by atoms with Crippen molar-refractivity contribution in [2.24, 2.45) is 7.05 Å². The summed E-state index contributed by atoms with van der Waals surface area (Å²) >= 11 is 0. The van der Waals surface area contributed by atoms with E-state index in [-0.39, 0.29) is 11.9 Å². The number of aromatic nitrogens is 5. The molecule has 1 amide bonds. The van der Waals surface area contributed by atoms with Crippen LogP contribution in [0.15, 0.2) is 24.8 Å². The molecule has 12 nitrogen and oxygen atoms in total. The molecular weight excluding hydrogens is 406 g/mol. The molecule has 5 atom stereocenters. The van der Waals surface area contributed by atoms with Crippen LogP contribution in [0.5, 0.6) is 0 Å². The number of aliphatic hydroxyl groups is 2. The van der Waals surface area contributed by atoms with Gasteiger partial charge in [0.15, 0.2) is 12.3 Å². The number of amides is 1. The maximum absolute atomic E-state index is 12.6. The number of hydrogen-bond donors (Lipinski definition) is 4. The highest BCUT2D eigenvalue weighted by molar-refractivity contribution is 5.99. The van der Waals surface area contributed by atoms with E-state index in [1.54, 1.807) is 37.1 Å². The van der Waals surface area contributed by atoms with Crippen LogP contribution in [-0.2, 0) is 21.3 Å². The monoisotopic (exact) mass is 431 g/mol. The molecule has 1 aliphatic rings. The van der Waals surface area contributed by atoms with Crippen LogP contribution in [0.25, 0.3) is 22.3 Å². The summed E-state index contributed by atoms with van der Waals surface area (Å²) < 4.78 is 14.0. The molecule has 31 heavy (non-hydrogen) atoms. The van der Waals surface area contributed by atoms with Crippen LogP contribution < -0.4 is 11.1 Å². The molecule has 1 unspecified atom stereocenters. The SMILES string of the molecule is COCC(C)NC(=O)[C@H]1O[C@@H](n2cc(-c3ccn(C)n3)c3c(N)ncnc32)[C@H](O)[C@@H]1O. The molecule has 0 saturated carbocycles. The van der Waals surface area contributed by atoms with E-state index in [0.717, 1.165) is 0 Å². The van der Waals surface area contributed by atoms with E-state index < -0.39 is 30.4 Å². The number of carbonyl (C=O) groups is 1. The Morgan fingerprint density at radius 2 is 2.16 bits per heavy atom. The zero-order valence-corrected chi connectivity index (χ0v) is 17.3. The third-order valence-corrected chi connectivity index (χ3v) is 5.20. The summed E-state index contributed by atoms with van der Waals surface area (Å²) in [5, 5.41) is 28.8. The van der Waals surface area contributed by atoms with Crippen LogP contribution in [0.3, 0.4) is 0 Å². The molecule has 3 aromatic rings. The van der Waals surface area contributed by atoms with E-state index in [0.29, 0.717) is 28.9 Å². The van der Waals surface area contributed by atoms with Crippen molar-refractivity contribution < 1.29 is 24.5 Å². The van der Waals surface area contributed by atoms with Gasteiger partial charge in [-0.15, -0.1) is 0 Å². The Balaban J connectivity index is 1.70. The number of methoxy groups -OCH3 is 1. The van der Waals surface area contributed by atoms with Crippen molar-refractivity contribution in [3.63, 3.8) is 0 Å². The zero-order chi connectivity index (χ0) is 22.3. The zero-order valence-electron chi connectivity index (χ0n) is 17.3. The number of nitrogens with one attached hydrogen (secondary N) is 1. The topological polar surface area (TPSA) is 163 Å². The molecule has 3 aromatic heterocycles. The lowest BCUT2D eigenvalue weighted by molar-refractivity contribution is -0.138. The lowest BCUT2D eigenvalue weighted by Crippen LogP contribution is -2.46. The standard InChI is InChI=1S/C19H25N7O5/c1-9(7-30-3)23-18(29)15-13(27)14(28)19(31-15)26-6-10(11-4-5-25(2)24-11)12-16(20)21-8-22-17(12)26/h4-6,8-9,13-15,19,27-28H,7H2,1-3H3,(H,23,29)(H2,20,21,22)/t9?,13-,14+,15-,19+/m0/s1. The molecule has 166 valence electrons. The highest BCUT2D eigenvalue weighted by Crippen LogP contribution is 2.37. The largest absolute Gasteiger partial charge is 0.387 e. The smallest absolute Gasteiger partial charge is 0.252 e. The minimum atomic E-state index is -1.44. The summed E-state index contributed by atoms with van der Waals surface area (Å²) in [5.74, 6) is -0.311. The van der Waals surface area contributed by atoms with E-state index in [4.69, 9.17) is 15.2 Å². The minimum Gasteiger partial charge on any atom is -0.387 e. The summed E-state index contributed by atoms with van der Waals surface area (Å²) in [5.41, 5.74) is 7.76. The Morgan fingerprint density at radius 3 is 2.84 bits per heavy atom. The molecule has 0 aliphatic carbocycles. The van der Waals surface area contributed by atoms with Crippen LogP contribution in [0.2, 0.25) is 0 Å². The second-order valence-corrected chi connectivity index (χ2v) is 7.58. The second-order valence-electron chi connectivity index (χ2n) is 7.58. The number of rotatable bonds is 6. The number of aliphatic hydroxyl groups excluding tert-OH is 2. The van der Waals surface area contributed by atoms with Gasteiger partial charge in [0.05, 0.1) is 17.7 Å². The summed E-state index contributed by atoms with van der Waals surface area (Å²) in [6.07, 6.45) is -0.402. The first-order valence-electron chi connectivity index (χ1n) is 9.73. The number of fused-ring (bicyclic) bond motifs is 1. The highest BCUT2D eigenvalue weighted by Gasteiger charge is 2.48. The van der Waals surface area contributed by atoms with Crippen molar-refractivity contribution in [2.45, 2.75) is 37.5 Å². The van der Waals surface area contributed by atoms with Crippen molar-refractivity contribution in [2.75, 3.05) is 19.5 Å². The predicted octanol–water partition coefficient (Wildman–Crippen LogP) is -0.816. The van der Waals surface area contributed by atoms with Gasteiger partial charge in [-0.25, -0.2) is 9.97 Å². The Bertz CT molecular complexity index is 1100. The number of anilines is 1. The Morgan fingerprint density at radius 1 is 1.39 bits per heavy atom. The van der Waals surface area contributed by atoms with Gasteiger partial charge in [-0.2, -0.15) is 5.10 Å². The predicted molar refractivity (Wildman–Crippen MR) is 110 cm³/mol. The van der Waals surface area contributed by atoms with Gasteiger partial charge in [-0.05, 0) is 13.0 Å². The maximum atomic E-state index is 12.6. The molecule has 4 rings (SSSR count). The third-order valence-electron chi connectivity index (χ3n) is 5.20. The van der Waals surface area contributed by atoms with E-state index in [1.807, 2.05) is 0 Å². The number of aryl methyl sites for hydroxylation is 1. The number of hydrogen-bond acceptors (Lipinski definition) is 9. The van der Waals surface area contributed by atoms with Gasteiger partial charge in [0.2, 0.25) is 0 Å². The Kier molecular flexibility index (Phi) is 5.62. The van der Waals surface area contributed by atoms with E-state index in [9.17, 15) is 15.0 Å². The van der Waals surface area contributed by atoms with Crippen LogP contribution in [0, 0.1) is 0 Å². The number of nitrogens with zero attached hydrogens (tertiary/aromatic N) is 5. The number of nitrogens with two attached hydrogens (primary N) is 1. The van der Waals surface area contributed by atoms with Gasteiger partial charge >= 0.3 is 0 Å². The number of ether oxygens (including phenoxy) is 2. The lowest BCUT2D eigenvalue weighted by atomic mass is 10.1.